The third-order valence-corrected chi connectivity index (χ3v) is 17.7. The molecule has 3 aliphatic rings. The number of carboxylic acids is 3. The topological polar surface area (TPSA) is 360 Å². The van der Waals surface area contributed by atoms with Crippen LogP contribution in [0.25, 0.3) is 10.9 Å². The number of piperazine rings is 1. The normalized spacial score (nSPS) is 17.8. The van der Waals surface area contributed by atoms with Crippen molar-refractivity contribution >= 4 is 98.6 Å². The first-order valence-corrected chi connectivity index (χ1v) is 33.6. The monoisotopic (exact) mass is 1450 g/mol. The van der Waals surface area contributed by atoms with Gasteiger partial charge < -0.3 is 61.0 Å². The maximum absolute atomic E-state index is 13.9. The Morgan fingerprint density at radius 2 is 1.34 bits per heavy atom. The standard InChI is InChI=1S/C62H86F2IN13O15S/c63-62(64)35-46(36-66)78(43-62)55(82)37-70-59(89)48-12-14-67-50-11-10-47(34-49(48)50)93-30-2-1-17-72-26-28-77(29-27-72)61(91)52(79)42-94-33-16-69-60(90)51(13-31-92-32-15-68-53(80)5-3-4-44-6-8-45(65)9-7-44)71-54(81)38-73-18-20-74(39-56(83)84)22-24-76(41-58(87)88)25-23-75(21-19-73)40-57(85)86/h6-12,14,34,46,51-52,79H,1-5,13,15-33,35,37-43H2,(H,68,80)(H,69,90)(H,70,89)(H,71,81)(H,83,84)(H,85,86)(H,87,88)/t46-,51?,52?/m1/s1. The zero-order valence-corrected chi connectivity index (χ0v) is 55.6. The van der Waals surface area contributed by atoms with Gasteiger partial charge in [0.05, 0.1) is 69.6 Å². The maximum Gasteiger partial charge on any atom is 0.317 e. The molecule has 2 aromatic carbocycles. The predicted molar refractivity (Wildman–Crippen MR) is 350 cm³/mol. The Kier molecular flexibility index (Phi) is 32.2. The highest BCUT2D eigenvalue weighted by atomic mass is 127. The summed E-state index contributed by atoms with van der Waals surface area (Å²) in [4.78, 5) is 130. The van der Waals surface area contributed by atoms with Crippen LogP contribution in [0.15, 0.2) is 54.7 Å². The Hall–Kier alpha value is -6.97. The highest BCUT2D eigenvalue weighted by Crippen LogP contribution is 2.32. The van der Waals surface area contributed by atoms with E-state index in [1.807, 2.05) is 24.3 Å². The van der Waals surface area contributed by atoms with Gasteiger partial charge in [-0.1, -0.05) is 12.1 Å². The zero-order valence-electron chi connectivity index (χ0n) is 52.6. The molecule has 516 valence electrons. The van der Waals surface area contributed by atoms with Gasteiger partial charge in [-0.3, -0.25) is 72.6 Å². The number of aryl methyl sites for hydroxylation is 1. The number of carboxylic acid groups (broad SMARTS) is 3. The summed E-state index contributed by atoms with van der Waals surface area (Å²) in [5, 5.41) is 60.4. The number of nitrogens with one attached hydrogen (secondary N) is 4. The lowest BCUT2D eigenvalue weighted by Gasteiger charge is -2.35. The van der Waals surface area contributed by atoms with Gasteiger partial charge >= 0.3 is 17.9 Å². The van der Waals surface area contributed by atoms with Gasteiger partial charge in [-0.15, -0.1) is 0 Å². The van der Waals surface area contributed by atoms with Crippen molar-refractivity contribution in [1.82, 2.24) is 60.6 Å². The van der Waals surface area contributed by atoms with Gasteiger partial charge in [-0.25, -0.2) is 8.78 Å². The summed E-state index contributed by atoms with van der Waals surface area (Å²) in [6.45, 7) is 2.44. The van der Waals surface area contributed by atoms with E-state index in [2.05, 4.69) is 53.7 Å². The number of rotatable bonds is 35. The van der Waals surface area contributed by atoms with Crippen LogP contribution < -0.4 is 26.0 Å². The molecule has 3 atom stereocenters. The van der Waals surface area contributed by atoms with Gasteiger partial charge in [0.2, 0.25) is 23.6 Å². The number of thioether (sulfide) groups is 1. The minimum Gasteiger partial charge on any atom is -0.494 e. The molecule has 32 heteroatoms. The van der Waals surface area contributed by atoms with Crippen LogP contribution in [0.5, 0.6) is 5.75 Å². The predicted octanol–water partition coefficient (Wildman–Crippen LogP) is 0.348. The lowest BCUT2D eigenvalue weighted by atomic mass is 10.1. The average molecular weight is 1450 g/mol. The van der Waals surface area contributed by atoms with E-state index in [-0.39, 0.29) is 128 Å². The molecule has 0 bridgehead atoms. The Labute approximate surface area is 562 Å². The van der Waals surface area contributed by atoms with Crippen molar-refractivity contribution in [2.75, 3.05) is 169 Å². The maximum atomic E-state index is 13.9. The highest BCUT2D eigenvalue weighted by molar-refractivity contribution is 14.1. The summed E-state index contributed by atoms with van der Waals surface area (Å²) in [5.41, 5.74) is 1.83. The number of ether oxygens (including phenoxy) is 2. The molecule has 3 fully saturated rings. The van der Waals surface area contributed by atoms with Crippen LogP contribution in [0.2, 0.25) is 0 Å². The summed E-state index contributed by atoms with van der Waals surface area (Å²) < 4.78 is 40.7. The third-order valence-electron chi connectivity index (χ3n) is 16.0. The number of hydrogen-bond acceptors (Lipinski definition) is 20. The molecular formula is C62H86F2IN13O15S. The SMILES string of the molecule is N#C[C@H]1CC(F)(F)CN1C(=O)CNC(=O)c1ccnc2ccc(OCCCCN3CCN(C(=O)C(O)CSCCNC(=O)C(CCOCCNC(=O)CCCc4ccc(I)cc4)NC(=O)CN4CCN(CC(=O)O)CCN(CC(=O)O)CCN(CC(=O)O)CC4)CC3)cc12. The van der Waals surface area contributed by atoms with Crippen LogP contribution >= 0.6 is 34.4 Å². The number of amides is 6. The van der Waals surface area contributed by atoms with Gasteiger partial charge in [0.1, 0.15) is 23.9 Å². The number of unbranched alkanes of at least 4 members (excludes halogenated alkanes) is 1. The van der Waals surface area contributed by atoms with Crippen molar-refractivity contribution in [1.29, 1.82) is 5.26 Å². The van der Waals surface area contributed by atoms with Crippen molar-refractivity contribution in [3.05, 3.63) is 69.4 Å². The Bertz CT molecular complexity index is 3030. The van der Waals surface area contributed by atoms with Crippen LogP contribution in [0.3, 0.4) is 0 Å². The zero-order chi connectivity index (χ0) is 68.0. The van der Waals surface area contributed by atoms with Gasteiger partial charge in [0, 0.05) is 138 Å². The molecule has 4 heterocycles. The van der Waals surface area contributed by atoms with E-state index in [9.17, 15) is 77.6 Å². The van der Waals surface area contributed by atoms with E-state index < -0.39 is 91.1 Å². The fourth-order valence-corrected chi connectivity index (χ4v) is 12.0. The first kappa shape index (κ1) is 76.1. The van der Waals surface area contributed by atoms with E-state index in [0.717, 1.165) is 33.4 Å². The number of nitriles is 1. The van der Waals surface area contributed by atoms with Crippen LogP contribution in [-0.2, 0) is 49.5 Å². The molecule has 3 aliphatic heterocycles. The van der Waals surface area contributed by atoms with Crippen LogP contribution in [-0.4, -0.2) is 306 Å². The number of halogens is 3. The smallest absolute Gasteiger partial charge is 0.317 e. The van der Waals surface area contributed by atoms with Crippen LogP contribution in [0, 0.1) is 14.9 Å². The number of aliphatic hydroxyl groups is 1. The number of aromatic nitrogens is 1. The quantitative estimate of drug-likeness (QED) is 0.0291. The molecule has 2 unspecified atom stereocenters. The third kappa shape index (κ3) is 27.4. The van der Waals surface area contributed by atoms with E-state index >= 15 is 0 Å². The lowest BCUT2D eigenvalue weighted by molar-refractivity contribution is -0.141. The average Bonchev–Trinajstić information content (AvgIpc) is 1.22. The first-order chi connectivity index (χ1) is 45.0. The van der Waals surface area contributed by atoms with Crippen LogP contribution in [0.4, 0.5) is 8.78 Å². The number of pyridine rings is 1. The molecule has 0 aliphatic carbocycles. The van der Waals surface area contributed by atoms with Crippen molar-refractivity contribution in [2.24, 2.45) is 0 Å². The van der Waals surface area contributed by atoms with Crippen LogP contribution in [0.1, 0.15) is 54.4 Å². The van der Waals surface area contributed by atoms with E-state index in [4.69, 9.17) is 9.47 Å². The molecule has 0 saturated carbocycles. The molecule has 0 radical (unpaired) electrons. The van der Waals surface area contributed by atoms with Gasteiger partial charge in [0.15, 0.2) is 0 Å². The molecule has 28 nitrogen and oxygen atoms in total. The summed E-state index contributed by atoms with van der Waals surface area (Å²) in [7, 11) is 0. The Balaban J connectivity index is 0.920. The summed E-state index contributed by atoms with van der Waals surface area (Å²) in [5.74, 6) is -8.61. The van der Waals surface area contributed by atoms with Crippen molar-refractivity contribution in [3.8, 4) is 11.8 Å². The number of nitrogens with zero attached hydrogens (tertiary/aromatic N) is 9. The van der Waals surface area contributed by atoms with Gasteiger partial charge in [0.25, 0.3) is 17.7 Å². The number of benzene rings is 2. The molecule has 6 rings (SSSR count). The fourth-order valence-electron chi connectivity index (χ4n) is 10.9. The van der Waals surface area contributed by atoms with Gasteiger partial charge in [-0.2, -0.15) is 17.0 Å². The van der Waals surface area contributed by atoms with E-state index in [1.165, 1.54) is 24.0 Å². The van der Waals surface area contributed by atoms with Crippen molar-refractivity contribution in [2.45, 2.75) is 69.1 Å². The minimum atomic E-state index is -3.19. The summed E-state index contributed by atoms with van der Waals surface area (Å²) in [6.07, 6.45) is 2.65. The van der Waals surface area contributed by atoms with E-state index in [0.29, 0.717) is 74.5 Å². The summed E-state index contributed by atoms with van der Waals surface area (Å²) in [6, 6.07) is 14.0. The number of carbonyl (C=O) groups excluding carboxylic acids is 6. The number of alkyl halides is 2. The largest absolute Gasteiger partial charge is 0.494 e. The highest BCUT2D eigenvalue weighted by Gasteiger charge is 2.47. The molecule has 6 amide bonds. The number of aliphatic carboxylic acids is 3. The molecule has 1 aromatic heterocycles. The summed E-state index contributed by atoms with van der Waals surface area (Å²) >= 11 is 3.50. The molecule has 3 saturated heterocycles. The second kappa shape index (κ2) is 39.8. The lowest BCUT2D eigenvalue weighted by Crippen LogP contribution is -2.52. The Morgan fingerprint density at radius 3 is 1.96 bits per heavy atom. The second-order valence-corrected chi connectivity index (χ2v) is 25.6. The molecule has 0 spiro atoms. The first-order valence-electron chi connectivity index (χ1n) is 31.4. The number of carbonyl (C=O) groups is 9. The minimum absolute atomic E-state index is 0.0305. The van der Waals surface area contributed by atoms with Crippen molar-refractivity contribution < 1.29 is 81.8 Å². The molecular weight excluding hydrogens is 1360 g/mol. The Morgan fingerprint density at radius 1 is 0.723 bits per heavy atom. The second-order valence-electron chi connectivity index (χ2n) is 23.2. The van der Waals surface area contributed by atoms with E-state index in [1.54, 1.807) is 48.8 Å². The molecule has 3 aromatic rings. The van der Waals surface area contributed by atoms with Gasteiger partial charge in [-0.05, 0) is 103 Å². The number of likely N-dealkylation sites (tertiary alicyclic amines) is 1. The number of aliphatic hydroxyl groups excluding tert-OH is 1. The number of hydrogen-bond donors (Lipinski definition) is 8. The van der Waals surface area contributed by atoms with Crippen molar-refractivity contribution in [3.63, 3.8) is 0 Å². The molecule has 8 N–H and O–H groups in total. The number of fused-ring (bicyclic) bond motifs is 1. The molecule has 94 heavy (non-hydrogen) atoms. The fraction of sp³-hybridized carbons (Fsp3) is 0.597.